The van der Waals surface area contributed by atoms with Gasteiger partial charge in [0.2, 0.25) is 10.0 Å². The highest BCUT2D eigenvalue weighted by Gasteiger charge is 2.39. The van der Waals surface area contributed by atoms with Crippen molar-refractivity contribution in [1.29, 1.82) is 0 Å². The molecule has 1 N–H and O–H groups in total. The van der Waals surface area contributed by atoms with Gasteiger partial charge in [0.25, 0.3) is 10.0 Å². The Labute approximate surface area is 181 Å². The Hall–Kier alpha value is -3.11. The van der Waals surface area contributed by atoms with E-state index in [-0.39, 0.29) is 17.1 Å². The quantitative estimate of drug-likeness (QED) is 0.581. The van der Waals surface area contributed by atoms with E-state index in [2.05, 4.69) is 9.82 Å². The SMILES string of the molecule is CCS(=O)(=O)Nc1cccc(C2=NN(S(=O)(=O)c3ccccc3)C(c3ccco3)C2)c1. The molecule has 0 saturated heterocycles. The highest BCUT2D eigenvalue weighted by atomic mass is 32.2. The van der Waals surface area contributed by atoms with Crippen molar-refractivity contribution in [1.82, 2.24) is 4.41 Å². The average Bonchev–Trinajstić information content (AvgIpc) is 3.44. The van der Waals surface area contributed by atoms with Gasteiger partial charge in [-0.25, -0.2) is 8.42 Å². The van der Waals surface area contributed by atoms with E-state index in [9.17, 15) is 16.8 Å². The van der Waals surface area contributed by atoms with Crippen LogP contribution in [0.2, 0.25) is 0 Å². The molecule has 2 heterocycles. The lowest BCUT2D eigenvalue weighted by Gasteiger charge is -2.21. The number of rotatable bonds is 7. The van der Waals surface area contributed by atoms with Crippen LogP contribution in [0.4, 0.5) is 5.69 Å². The Bertz CT molecular complexity index is 1300. The smallest absolute Gasteiger partial charge is 0.279 e. The minimum atomic E-state index is -3.92. The van der Waals surface area contributed by atoms with Crippen LogP contribution in [0.1, 0.15) is 30.7 Å². The van der Waals surface area contributed by atoms with Crippen LogP contribution >= 0.6 is 0 Å². The minimum Gasteiger partial charge on any atom is -0.467 e. The number of hydrazone groups is 1. The van der Waals surface area contributed by atoms with Crippen molar-refractivity contribution in [2.75, 3.05) is 10.5 Å². The largest absolute Gasteiger partial charge is 0.467 e. The van der Waals surface area contributed by atoms with E-state index in [4.69, 9.17) is 4.42 Å². The topological polar surface area (TPSA) is 109 Å². The Morgan fingerprint density at radius 3 is 2.48 bits per heavy atom. The predicted molar refractivity (Wildman–Crippen MR) is 118 cm³/mol. The van der Waals surface area contributed by atoms with Gasteiger partial charge in [-0.1, -0.05) is 30.3 Å². The molecule has 1 unspecified atom stereocenters. The maximum absolute atomic E-state index is 13.3. The van der Waals surface area contributed by atoms with E-state index in [1.807, 2.05) is 0 Å². The Kier molecular flexibility index (Phi) is 5.59. The van der Waals surface area contributed by atoms with Crippen LogP contribution in [-0.4, -0.2) is 32.7 Å². The molecule has 1 aliphatic rings. The van der Waals surface area contributed by atoms with Crippen LogP contribution in [-0.2, 0) is 20.0 Å². The number of nitrogens with zero attached hydrogens (tertiary/aromatic N) is 2. The molecule has 10 heteroatoms. The molecule has 162 valence electrons. The summed E-state index contributed by atoms with van der Waals surface area (Å²) >= 11 is 0. The molecule has 1 aliphatic heterocycles. The fourth-order valence-corrected chi connectivity index (χ4v) is 5.36. The second-order valence-corrected chi connectivity index (χ2v) is 10.8. The first-order valence-corrected chi connectivity index (χ1v) is 12.7. The third-order valence-corrected chi connectivity index (χ3v) is 7.88. The molecule has 0 amide bonds. The molecule has 0 saturated carbocycles. The van der Waals surface area contributed by atoms with Gasteiger partial charge in [0.15, 0.2) is 0 Å². The van der Waals surface area contributed by atoms with E-state index in [1.165, 1.54) is 18.4 Å². The summed E-state index contributed by atoms with van der Waals surface area (Å²) in [4.78, 5) is 0.126. The van der Waals surface area contributed by atoms with Gasteiger partial charge in [-0.3, -0.25) is 4.72 Å². The Morgan fingerprint density at radius 2 is 1.81 bits per heavy atom. The molecule has 31 heavy (non-hydrogen) atoms. The Balaban J connectivity index is 1.74. The maximum atomic E-state index is 13.3. The fraction of sp³-hybridized carbons (Fsp3) is 0.190. The second-order valence-electron chi connectivity index (χ2n) is 6.96. The summed E-state index contributed by atoms with van der Waals surface area (Å²) in [6, 6.07) is 17.6. The van der Waals surface area contributed by atoms with Gasteiger partial charge in [-0.15, -0.1) is 0 Å². The highest BCUT2D eigenvalue weighted by molar-refractivity contribution is 7.92. The lowest BCUT2D eigenvalue weighted by atomic mass is 10.0. The number of sulfonamides is 2. The normalized spacial score (nSPS) is 16.9. The van der Waals surface area contributed by atoms with Gasteiger partial charge in [-0.2, -0.15) is 17.9 Å². The van der Waals surface area contributed by atoms with Crippen molar-refractivity contribution in [3.8, 4) is 0 Å². The molecule has 8 nitrogen and oxygen atoms in total. The third kappa shape index (κ3) is 4.35. The summed E-state index contributed by atoms with van der Waals surface area (Å²) in [5.74, 6) is 0.420. The first-order valence-electron chi connectivity index (χ1n) is 9.61. The molecule has 0 radical (unpaired) electrons. The number of nitrogens with one attached hydrogen (secondary N) is 1. The van der Waals surface area contributed by atoms with Gasteiger partial charge in [0.1, 0.15) is 11.8 Å². The summed E-state index contributed by atoms with van der Waals surface area (Å²) in [5.41, 5.74) is 1.53. The number of benzene rings is 2. The molecular formula is C21H21N3O5S2. The van der Waals surface area contributed by atoms with Crippen LogP contribution in [0.25, 0.3) is 0 Å². The summed E-state index contributed by atoms with van der Waals surface area (Å²) in [5, 5.41) is 4.43. The van der Waals surface area contributed by atoms with Crippen LogP contribution in [0.3, 0.4) is 0 Å². The lowest BCUT2D eigenvalue weighted by Crippen LogP contribution is -2.27. The van der Waals surface area contributed by atoms with E-state index >= 15 is 0 Å². The van der Waals surface area contributed by atoms with Crippen LogP contribution in [0.5, 0.6) is 0 Å². The zero-order valence-electron chi connectivity index (χ0n) is 16.7. The molecule has 1 aromatic heterocycles. The summed E-state index contributed by atoms with van der Waals surface area (Å²) in [7, 11) is -7.36. The molecule has 4 rings (SSSR count). The van der Waals surface area contributed by atoms with Gasteiger partial charge in [0, 0.05) is 12.1 Å². The molecule has 2 aromatic carbocycles. The van der Waals surface area contributed by atoms with E-state index in [0.717, 1.165) is 4.41 Å². The standard InChI is InChI=1S/C21H21N3O5S2/c1-2-30(25,26)23-17-9-6-8-16(14-17)19-15-20(21-12-7-13-29-21)24(22-19)31(27,28)18-10-4-3-5-11-18/h3-14,20,23H,2,15H2,1H3. The zero-order chi connectivity index (χ0) is 22.1. The third-order valence-electron chi connectivity index (χ3n) is 4.88. The monoisotopic (exact) mass is 459 g/mol. The highest BCUT2D eigenvalue weighted by Crippen LogP contribution is 2.37. The predicted octanol–water partition coefficient (Wildman–Crippen LogP) is 3.58. The van der Waals surface area contributed by atoms with Gasteiger partial charge in [0.05, 0.1) is 22.6 Å². The van der Waals surface area contributed by atoms with Crippen LogP contribution < -0.4 is 4.72 Å². The van der Waals surface area contributed by atoms with Crippen molar-refractivity contribution in [2.24, 2.45) is 5.10 Å². The first kappa shape index (κ1) is 21.1. The molecular weight excluding hydrogens is 438 g/mol. The van der Waals surface area contributed by atoms with E-state index < -0.39 is 26.1 Å². The Morgan fingerprint density at radius 1 is 1.03 bits per heavy atom. The van der Waals surface area contributed by atoms with Crippen molar-refractivity contribution in [2.45, 2.75) is 24.3 Å². The minimum absolute atomic E-state index is 0.0537. The van der Waals surface area contributed by atoms with E-state index in [0.29, 0.717) is 22.7 Å². The molecule has 0 bridgehead atoms. The van der Waals surface area contributed by atoms with E-state index in [1.54, 1.807) is 61.5 Å². The molecule has 1 atom stereocenters. The fourth-order valence-electron chi connectivity index (χ4n) is 3.29. The molecule has 3 aromatic rings. The maximum Gasteiger partial charge on any atom is 0.279 e. The molecule has 0 spiro atoms. The number of furan rings is 1. The van der Waals surface area contributed by atoms with Gasteiger partial charge in [-0.05, 0) is 48.9 Å². The van der Waals surface area contributed by atoms with Gasteiger partial charge < -0.3 is 4.42 Å². The summed E-state index contributed by atoms with van der Waals surface area (Å²) in [6.07, 6.45) is 1.77. The second kappa shape index (κ2) is 8.20. The van der Waals surface area contributed by atoms with Crippen molar-refractivity contribution < 1.29 is 21.3 Å². The number of hydrogen-bond acceptors (Lipinski definition) is 6. The number of hydrogen-bond donors (Lipinski definition) is 1. The van der Waals surface area contributed by atoms with Crippen molar-refractivity contribution in [3.63, 3.8) is 0 Å². The lowest BCUT2D eigenvalue weighted by molar-refractivity contribution is 0.320. The van der Waals surface area contributed by atoms with Crippen molar-refractivity contribution in [3.05, 3.63) is 84.3 Å². The van der Waals surface area contributed by atoms with Gasteiger partial charge >= 0.3 is 0 Å². The van der Waals surface area contributed by atoms with Crippen LogP contribution in [0.15, 0.2) is 87.4 Å². The van der Waals surface area contributed by atoms with Crippen molar-refractivity contribution >= 4 is 31.4 Å². The average molecular weight is 460 g/mol. The zero-order valence-corrected chi connectivity index (χ0v) is 18.3. The van der Waals surface area contributed by atoms with Crippen LogP contribution in [0, 0.1) is 0 Å². The summed E-state index contributed by atoms with van der Waals surface area (Å²) in [6.45, 7) is 1.55. The first-order chi connectivity index (χ1) is 14.8. The summed E-state index contributed by atoms with van der Waals surface area (Å²) < 4.78 is 59.5. The molecule has 0 aliphatic carbocycles. The molecule has 0 fully saturated rings. The number of anilines is 1.